The minimum atomic E-state index is 0.224. The molecule has 0 radical (unpaired) electrons. The maximum Gasteiger partial charge on any atom is 0.192 e. The van der Waals surface area contributed by atoms with Gasteiger partial charge in [0.2, 0.25) is 0 Å². The number of thioether (sulfide) groups is 1. The number of nitrogens with zero attached hydrogens (tertiary/aromatic N) is 4. The molecule has 0 fully saturated rings. The van der Waals surface area contributed by atoms with Crippen molar-refractivity contribution in [3.63, 3.8) is 0 Å². The van der Waals surface area contributed by atoms with Crippen LogP contribution < -0.4 is 0 Å². The van der Waals surface area contributed by atoms with Crippen molar-refractivity contribution in [2.45, 2.75) is 58.5 Å². The number of benzene rings is 2. The Balaban J connectivity index is 1.63. The van der Waals surface area contributed by atoms with E-state index in [9.17, 15) is 0 Å². The molecule has 5 aromatic rings. The van der Waals surface area contributed by atoms with Crippen molar-refractivity contribution >= 4 is 34.0 Å². The van der Waals surface area contributed by atoms with E-state index in [0.29, 0.717) is 0 Å². The maximum absolute atomic E-state index is 5.03. The molecule has 0 N–H and O–H groups in total. The molecule has 35 heavy (non-hydrogen) atoms. The lowest BCUT2D eigenvalue weighted by Crippen LogP contribution is -2.06. The summed E-state index contributed by atoms with van der Waals surface area (Å²) < 4.78 is 2.27. The van der Waals surface area contributed by atoms with Crippen LogP contribution >= 0.6 is 23.1 Å². The Morgan fingerprint density at radius 2 is 1.71 bits per heavy atom. The quantitative estimate of drug-likeness (QED) is 0.221. The van der Waals surface area contributed by atoms with Crippen LogP contribution in [0.15, 0.2) is 59.1 Å². The largest absolute Gasteiger partial charge is 0.299 e. The van der Waals surface area contributed by atoms with Gasteiger partial charge in [0, 0.05) is 22.7 Å². The number of hydrogen-bond donors (Lipinski definition) is 0. The summed E-state index contributed by atoms with van der Waals surface area (Å²) in [5.74, 6) is 1.77. The Kier molecular flexibility index (Phi) is 6.51. The second-order valence-corrected chi connectivity index (χ2v) is 11.4. The molecule has 5 rings (SSSR count). The Morgan fingerprint density at radius 1 is 0.914 bits per heavy atom. The van der Waals surface area contributed by atoms with Gasteiger partial charge < -0.3 is 0 Å². The van der Waals surface area contributed by atoms with Crippen molar-refractivity contribution in [2.75, 3.05) is 0 Å². The Morgan fingerprint density at radius 3 is 2.43 bits per heavy atom. The van der Waals surface area contributed by atoms with Gasteiger partial charge in [-0.05, 0) is 93.4 Å². The van der Waals surface area contributed by atoms with Crippen molar-refractivity contribution in [3.8, 4) is 22.0 Å². The highest BCUT2D eigenvalue weighted by atomic mass is 32.2. The fraction of sp³-hybridized carbons (Fsp3) is 0.276. The molecule has 0 unspecified atom stereocenters. The standard InChI is InChI=1S/C29H30N4S2/c1-17(2)33-28(31-32-29(33)35-16-22-10-9-18(3)12-21(22)6)24-15-26(27-8-7-11-34-27)30-25-14-20(5)19(4)13-23(24)25/h7-15,17H,16H2,1-6H3. The van der Waals surface area contributed by atoms with Gasteiger partial charge in [-0.3, -0.25) is 4.57 Å². The van der Waals surface area contributed by atoms with Crippen LogP contribution in [0.3, 0.4) is 0 Å². The van der Waals surface area contributed by atoms with Crippen LogP contribution in [0.25, 0.3) is 32.9 Å². The molecule has 0 atom stereocenters. The van der Waals surface area contributed by atoms with Crippen LogP contribution in [0, 0.1) is 27.7 Å². The van der Waals surface area contributed by atoms with E-state index in [1.807, 2.05) is 0 Å². The highest BCUT2D eigenvalue weighted by Crippen LogP contribution is 2.37. The molecule has 0 aliphatic carbocycles. The monoisotopic (exact) mass is 498 g/mol. The summed E-state index contributed by atoms with van der Waals surface area (Å²) >= 11 is 3.46. The van der Waals surface area contributed by atoms with Crippen LogP contribution in [-0.2, 0) is 5.75 Å². The summed E-state index contributed by atoms with van der Waals surface area (Å²) in [6.07, 6.45) is 0. The Hall–Kier alpha value is -2.96. The first kappa shape index (κ1) is 23.8. The number of aryl methyl sites for hydroxylation is 4. The molecule has 3 heterocycles. The van der Waals surface area contributed by atoms with Crippen molar-refractivity contribution in [1.82, 2.24) is 19.7 Å². The smallest absolute Gasteiger partial charge is 0.192 e. The second kappa shape index (κ2) is 9.59. The summed E-state index contributed by atoms with van der Waals surface area (Å²) in [5, 5.41) is 13.6. The van der Waals surface area contributed by atoms with Gasteiger partial charge >= 0.3 is 0 Å². The zero-order valence-electron chi connectivity index (χ0n) is 21.1. The van der Waals surface area contributed by atoms with E-state index in [2.05, 4.69) is 105 Å². The summed E-state index contributed by atoms with van der Waals surface area (Å²) in [7, 11) is 0. The Labute approximate surface area is 215 Å². The molecule has 0 saturated heterocycles. The van der Waals surface area contributed by atoms with Crippen molar-refractivity contribution < 1.29 is 0 Å². The van der Waals surface area contributed by atoms with E-state index in [4.69, 9.17) is 10.1 Å². The first-order valence-corrected chi connectivity index (χ1v) is 13.8. The summed E-state index contributed by atoms with van der Waals surface area (Å²) in [6, 6.07) is 17.7. The van der Waals surface area contributed by atoms with Gasteiger partial charge in [0.1, 0.15) is 0 Å². The lowest BCUT2D eigenvalue weighted by atomic mass is 10.0. The molecule has 0 bridgehead atoms. The third-order valence-corrected chi connectivity index (χ3v) is 8.36. The van der Waals surface area contributed by atoms with E-state index < -0.39 is 0 Å². The van der Waals surface area contributed by atoms with E-state index in [1.54, 1.807) is 23.1 Å². The number of thiophene rings is 1. The van der Waals surface area contributed by atoms with Crippen molar-refractivity contribution in [2.24, 2.45) is 0 Å². The zero-order chi connectivity index (χ0) is 24.7. The molecule has 3 aromatic heterocycles. The van der Waals surface area contributed by atoms with Crippen molar-refractivity contribution in [1.29, 1.82) is 0 Å². The number of pyridine rings is 1. The number of fused-ring (bicyclic) bond motifs is 1. The lowest BCUT2D eigenvalue weighted by molar-refractivity contribution is 0.555. The highest BCUT2D eigenvalue weighted by molar-refractivity contribution is 7.98. The third-order valence-electron chi connectivity index (χ3n) is 6.47. The van der Waals surface area contributed by atoms with Gasteiger partial charge in [0.15, 0.2) is 11.0 Å². The van der Waals surface area contributed by atoms with Crippen LogP contribution in [0.1, 0.15) is 47.7 Å². The second-order valence-electron chi connectivity index (χ2n) is 9.47. The molecule has 6 heteroatoms. The minimum absolute atomic E-state index is 0.224. The van der Waals surface area contributed by atoms with E-state index in [1.165, 1.54) is 27.8 Å². The summed E-state index contributed by atoms with van der Waals surface area (Å²) in [6.45, 7) is 13.0. The first-order chi connectivity index (χ1) is 16.8. The lowest BCUT2D eigenvalue weighted by Gasteiger charge is -2.16. The normalized spacial score (nSPS) is 11.6. The highest BCUT2D eigenvalue weighted by Gasteiger charge is 2.21. The van der Waals surface area contributed by atoms with Gasteiger partial charge in [-0.2, -0.15) is 0 Å². The molecule has 0 aliphatic heterocycles. The zero-order valence-corrected chi connectivity index (χ0v) is 22.7. The summed E-state index contributed by atoms with van der Waals surface area (Å²) in [5.41, 5.74) is 9.51. The van der Waals surface area contributed by atoms with Crippen LogP contribution in [0.4, 0.5) is 0 Å². The average molecular weight is 499 g/mol. The molecule has 2 aromatic carbocycles. The molecule has 0 saturated carbocycles. The minimum Gasteiger partial charge on any atom is -0.299 e. The molecular formula is C29H30N4S2. The van der Waals surface area contributed by atoms with Crippen LogP contribution in [-0.4, -0.2) is 19.7 Å². The van der Waals surface area contributed by atoms with Gasteiger partial charge in [-0.15, -0.1) is 21.5 Å². The molecule has 0 aliphatic rings. The number of aromatic nitrogens is 4. The molecule has 4 nitrogen and oxygen atoms in total. The molecule has 0 spiro atoms. The van der Waals surface area contributed by atoms with Gasteiger partial charge in [-0.25, -0.2) is 4.98 Å². The first-order valence-electron chi connectivity index (χ1n) is 11.9. The van der Waals surface area contributed by atoms with Crippen molar-refractivity contribution in [3.05, 3.63) is 81.7 Å². The topological polar surface area (TPSA) is 43.6 Å². The Bertz CT molecular complexity index is 1510. The third kappa shape index (κ3) is 4.65. The molecule has 178 valence electrons. The molecule has 0 amide bonds. The summed E-state index contributed by atoms with van der Waals surface area (Å²) in [4.78, 5) is 6.19. The van der Waals surface area contributed by atoms with E-state index >= 15 is 0 Å². The fourth-order valence-corrected chi connectivity index (χ4v) is 6.23. The predicted octanol–water partition coefficient (Wildman–Crippen LogP) is 8.33. The van der Waals surface area contributed by atoms with Crippen LogP contribution in [0.5, 0.6) is 0 Å². The number of hydrogen-bond acceptors (Lipinski definition) is 5. The van der Waals surface area contributed by atoms with E-state index in [0.717, 1.165) is 43.8 Å². The maximum atomic E-state index is 5.03. The van der Waals surface area contributed by atoms with Crippen LogP contribution in [0.2, 0.25) is 0 Å². The van der Waals surface area contributed by atoms with Gasteiger partial charge in [-0.1, -0.05) is 41.6 Å². The number of rotatable bonds is 6. The van der Waals surface area contributed by atoms with Gasteiger partial charge in [0.05, 0.1) is 16.1 Å². The fourth-order valence-electron chi connectivity index (χ4n) is 4.40. The van der Waals surface area contributed by atoms with E-state index in [-0.39, 0.29) is 6.04 Å². The SMILES string of the molecule is Cc1ccc(CSc2nnc(-c3cc(-c4cccs4)nc4cc(C)c(C)cc34)n2C(C)C)c(C)c1. The average Bonchev–Trinajstić information content (AvgIpc) is 3.49. The molecular weight excluding hydrogens is 468 g/mol. The predicted molar refractivity (Wildman–Crippen MR) is 149 cm³/mol. The van der Waals surface area contributed by atoms with Gasteiger partial charge in [0.25, 0.3) is 0 Å².